The van der Waals surface area contributed by atoms with Crippen molar-refractivity contribution in [3.05, 3.63) is 97.3 Å². The van der Waals surface area contributed by atoms with Crippen LogP contribution in [0.15, 0.2) is 102 Å². The second-order valence-electron chi connectivity index (χ2n) is 6.03. The number of rotatable bonds is 7. The standard InChI is InChI=1S/C23H20N4O/c24-15-13-21(27-20-12-6-8-17-7-4-5-11-19(17)20)23(25)22(28)14-16-26-18-9-2-1-3-10-18/h1-16,25-26H,24H2/p+1. The summed E-state index contributed by atoms with van der Waals surface area (Å²) in [5, 5.41) is 12.0. The largest absolute Gasteiger partial charge is 0.405 e. The smallest absolute Gasteiger partial charge is 0.210 e. The summed E-state index contributed by atoms with van der Waals surface area (Å²) in [6, 6.07) is 23.2. The number of fused-ring (bicyclic) bond motifs is 1. The van der Waals surface area contributed by atoms with Crippen molar-refractivity contribution in [1.82, 2.24) is 0 Å². The summed E-state index contributed by atoms with van der Waals surface area (Å²) < 4.78 is 0. The van der Waals surface area contributed by atoms with Gasteiger partial charge in [-0.3, -0.25) is 15.5 Å². The summed E-state index contributed by atoms with van der Waals surface area (Å²) in [7, 11) is 0. The summed E-state index contributed by atoms with van der Waals surface area (Å²) in [5.74, 6) is -0.440. The fourth-order valence-electron chi connectivity index (χ4n) is 2.72. The number of hydrogen-bond donors (Lipinski definition) is 3. The molecule has 0 saturated carbocycles. The molecule has 0 saturated heterocycles. The molecule has 3 aromatic carbocycles. The van der Waals surface area contributed by atoms with Crippen molar-refractivity contribution in [2.24, 2.45) is 10.7 Å². The maximum atomic E-state index is 12.4. The van der Waals surface area contributed by atoms with E-state index >= 15 is 0 Å². The van der Waals surface area contributed by atoms with Crippen LogP contribution in [0.4, 0.5) is 11.4 Å². The number of carbonyl (C=O) groups is 1. The quantitative estimate of drug-likeness (QED) is 0.338. The zero-order valence-corrected chi connectivity index (χ0v) is 15.2. The van der Waals surface area contributed by atoms with Gasteiger partial charge in [-0.1, -0.05) is 54.6 Å². The molecule has 5 nitrogen and oxygen atoms in total. The number of nitrogens with one attached hydrogen (secondary N) is 1. The van der Waals surface area contributed by atoms with Crippen LogP contribution in [-0.4, -0.2) is 17.2 Å². The monoisotopic (exact) mass is 369 g/mol. The number of benzene rings is 3. The van der Waals surface area contributed by atoms with Crippen molar-refractivity contribution >= 4 is 39.4 Å². The van der Waals surface area contributed by atoms with Gasteiger partial charge in [-0.05, 0) is 35.9 Å². The average Bonchev–Trinajstić information content (AvgIpc) is 2.74. The summed E-state index contributed by atoms with van der Waals surface area (Å²) in [6.07, 6.45) is 5.74. The first kappa shape index (κ1) is 18.9. The van der Waals surface area contributed by atoms with Gasteiger partial charge < -0.3 is 5.73 Å². The Bertz CT molecular complexity index is 1080. The van der Waals surface area contributed by atoms with E-state index < -0.39 is 5.78 Å². The van der Waals surface area contributed by atoms with Gasteiger partial charge in [-0.25, -0.2) is 4.99 Å². The van der Waals surface area contributed by atoms with E-state index in [0.717, 1.165) is 16.5 Å². The molecule has 5 heteroatoms. The predicted octanol–water partition coefficient (Wildman–Crippen LogP) is 3.38. The number of carbonyl (C=O) groups excluding carboxylic acids is 1. The lowest BCUT2D eigenvalue weighted by molar-refractivity contribution is -0.496. The number of allylic oxidation sites excluding steroid dienone is 2. The van der Waals surface area contributed by atoms with Crippen molar-refractivity contribution in [3.63, 3.8) is 0 Å². The Kier molecular flexibility index (Phi) is 6.23. The lowest BCUT2D eigenvalue weighted by Gasteiger charge is -2.05. The van der Waals surface area contributed by atoms with Crippen molar-refractivity contribution in [2.75, 3.05) is 0 Å². The lowest BCUT2D eigenvalue weighted by atomic mass is 10.1. The number of nitrogens with zero attached hydrogens (tertiary/aromatic N) is 1. The zero-order valence-electron chi connectivity index (χ0n) is 15.2. The average molecular weight is 369 g/mol. The minimum atomic E-state index is -0.440. The number of ketones is 1. The van der Waals surface area contributed by atoms with Crippen molar-refractivity contribution < 1.29 is 10.1 Å². The number of quaternary nitrogens is 1. The molecule has 0 heterocycles. The molecule has 0 aliphatic rings. The van der Waals surface area contributed by atoms with Crippen molar-refractivity contribution in [1.29, 1.82) is 5.41 Å². The van der Waals surface area contributed by atoms with E-state index in [-0.39, 0.29) is 11.4 Å². The molecule has 3 aromatic rings. The first-order valence-corrected chi connectivity index (χ1v) is 8.83. The number of nitrogens with two attached hydrogens (primary N) is 2. The Morgan fingerprint density at radius 1 is 0.929 bits per heavy atom. The van der Waals surface area contributed by atoms with Crippen LogP contribution in [0.2, 0.25) is 0 Å². The van der Waals surface area contributed by atoms with Gasteiger partial charge in [-0.2, -0.15) is 0 Å². The molecule has 0 aliphatic heterocycles. The Balaban J connectivity index is 1.83. The first-order chi connectivity index (χ1) is 13.7. The molecule has 0 atom stereocenters. The predicted molar refractivity (Wildman–Crippen MR) is 114 cm³/mol. The molecule has 0 aliphatic carbocycles. The van der Waals surface area contributed by atoms with Crippen molar-refractivity contribution in [3.8, 4) is 0 Å². The SMILES string of the molecule is N=C(C(=O)C=C[NH2+]c1ccccc1)C(C=CN)=Nc1cccc2ccccc12. The van der Waals surface area contributed by atoms with Crippen LogP contribution in [0.1, 0.15) is 0 Å². The minimum Gasteiger partial charge on any atom is -0.405 e. The highest BCUT2D eigenvalue weighted by molar-refractivity contribution is 6.70. The Morgan fingerprint density at radius 2 is 1.64 bits per heavy atom. The molecule has 28 heavy (non-hydrogen) atoms. The minimum absolute atomic E-state index is 0.215. The van der Waals surface area contributed by atoms with E-state index in [1.54, 1.807) is 6.20 Å². The summed E-state index contributed by atoms with van der Waals surface area (Å²) in [4.78, 5) is 16.9. The third-order valence-corrected chi connectivity index (χ3v) is 4.10. The zero-order chi connectivity index (χ0) is 19.8. The topological polar surface area (TPSA) is 95.9 Å². The third kappa shape index (κ3) is 4.66. The van der Waals surface area contributed by atoms with E-state index in [1.165, 1.54) is 18.4 Å². The number of aliphatic imine (C=N–C) groups is 1. The van der Waals surface area contributed by atoms with E-state index in [4.69, 9.17) is 11.1 Å². The van der Waals surface area contributed by atoms with Gasteiger partial charge in [0.05, 0.1) is 11.4 Å². The highest BCUT2D eigenvalue weighted by Gasteiger charge is 2.13. The first-order valence-electron chi connectivity index (χ1n) is 8.83. The molecule has 138 valence electrons. The normalized spacial score (nSPS) is 12.1. The summed E-state index contributed by atoms with van der Waals surface area (Å²) >= 11 is 0. The Labute approximate surface area is 163 Å². The fraction of sp³-hybridized carbons (Fsp3) is 0. The molecule has 0 aromatic heterocycles. The molecule has 0 bridgehead atoms. The molecule has 0 radical (unpaired) electrons. The fourth-order valence-corrected chi connectivity index (χ4v) is 2.72. The molecule has 0 amide bonds. The van der Waals surface area contributed by atoms with E-state index in [0.29, 0.717) is 5.69 Å². The van der Waals surface area contributed by atoms with Crippen LogP contribution in [0.5, 0.6) is 0 Å². The van der Waals surface area contributed by atoms with E-state index in [2.05, 4.69) is 4.99 Å². The Morgan fingerprint density at radius 3 is 2.43 bits per heavy atom. The molecule has 0 fully saturated rings. The van der Waals surface area contributed by atoms with Crippen LogP contribution in [0.3, 0.4) is 0 Å². The van der Waals surface area contributed by atoms with Gasteiger partial charge in [0.15, 0.2) is 0 Å². The second-order valence-corrected chi connectivity index (χ2v) is 6.03. The molecule has 5 N–H and O–H groups in total. The molecular formula is C23H21N4O+. The van der Waals surface area contributed by atoms with Gasteiger partial charge in [0.1, 0.15) is 17.6 Å². The van der Waals surface area contributed by atoms with Gasteiger partial charge in [0, 0.05) is 11.5 Å². The molecule has 0 unspecified atom stereocenters. The molecule has 3 rings (SSSR count). The van der Waals surface area contributed by atoms with E-state index in [9.17, 15) is 4.79 Å². The third-order valence-electron chi connectivity index (χ3n) is 4.10. The lowest BCUT2D eigenvalue weighted by Crippen LogP contribution is -2.71. The highest BCUT2D eigenvalue weighted by atomic mass is 16.1. The number of hydrogen-bond acceptors (Lipinski definition) is 4. The van der Waals surface area contributed by atoms with Crippen LogP contribution >= 0.6 is 0 Å². The van der Waals surface area contributed by atoms with Crippen LogP contribution < -0.4 is 11.1 Å². The second kappa shape index (κ2) is 9.21. The summed E-state index contributed by atoms with van der Waals surface area (Å²) in [6.45, 7) is 0. The maximum absolute atomic E-state index is 12.4. The van der Waals surface area contributed by atoms with Crippen LogP contribution in [0.25, 0.3) is 10.8 Å². The van der Waals surface area contributed by atoms with Crippen LogP contribution in [0, 0.1) is 5.41 Å². The maximum Gasteiger partial charge on any atom is 0.210 e. The van der Waals surface area contributed by atoms with Crippen LogP contribution in [-0.2, 0) is 4.79 Å². The summed E-state index contributed by atoms with van der Waals surface area (Å²) in [5.41, 5.74) is 7.18. The molecule has 0 spiro atoms. The van der Waals surface area contributed by atoms with Gasteiger partial charge in [-0.15, -0.1) is 0 Å². The number of para-hydroxylation sites is 1. The van der Waals surface area contributed by atoms with Gasteiger partial charge in [0.2, 0.25) is 5.78 Å². The Hall–Kier alpha value is -3.83. The van der Waals surface area contributed by atoms with Crippen molar-refractivity contribution in [2.45, 2.75) is 0 Å². The van der Waals surface area contributed by atoms with Gasteiger partial charge in [0.25, 0.3) is 0 Å². The van der Waals surface area contributed by atoms with E-state index in [1.807, 2.05) is 78.1 Å². The van der Waals surface area contributed by atoms with Gasteiger partial charge >= 0.3 is 0 Å². The molecular weight excluding hydrogens is 348 g/mol. The highest BCUT2D eigenvalue weighted by Crippen LogP contribution is 2.25.